The molecule has 0 bridgehead atoms. The van der Waals surface area contributed by atoms with E-state index in [1.165, 1.54) is 0 Å². The first-order valence-corrected chi connectivity index (χ1v) is 4.91. The summed E-state index contributed by atoms with van der Waals surface area (Å²) in [5.41, 5.74) is 1.01. The zero-order valence-corrected chi connectivity index (χ0v) is 7.73. The summed E-state index contributed by atoms with van der Waals surface area (Å²) < 4.78 is 5.34. The lowest BCUT2D eigenvalue weighted by atomic mass is 10.3. The van der Waals surface area contributed by atoms with Gasteiger partial charge in [0.15, 0.2) is 0 Å². The van der Waals surface area contributed by atoms with E-state index in [1.807, 2.05) is 16.8 Å². The molecule has 0 spiro atoms. The predicted molar refractivity (Wildman–Crippen MR) is 49.4 cm³/mol. The second-order valence-electron chi connectivity index (χ2n) is 2.28. The lowest BCUT2D eigenvalue weighted by Gasteiger charge is -1.86. The van der Waals surface area contributed by atoms with Crippen molar-refractivity contribution in [2.75, 3.05) is 0 Å². The molecule has 0 aliphatic heterocycles. The minimum Gasteiger partial charge on any atom is -0.440 e. The van der Waals surface area contributed by atoms with E-state index in [1.54, 1.807) is 17.5 Å². The van der Waals surface area contributed by atoms with Gasteiger partial charge in [-0.1, -0.05) is 0 Å². The van der Waals surface area contributed by atoms with Crippen molar-refractivity contribution in [2.24, 2.45) is 0 Å². The summed E-state index contributed by atoms with van der Waals surface area (Å²) in [5.74, 6) is 1.72. The molecule has 62 valence electrons. The molecule has 0 amide bonds. The van der Waals surface area contributed by atoms with Gasteiger partial charge >= 0.3 is 0 Å². The van der Waals surface area contributed by atoms with Crippen molar-refractivity contribution in [1.82, 2.24) is 4.98 Å². The van der Waals surface area contributed by atoms with Crippen LogP contribution in [0.5, 0.6) is 0 Å². The highest BCUT2D eigenvalue weighted by Crippen LogP contribution is 2.21. The van der Waals surface area contributed by atoms with Gasteiger partial charge in [-0.15, -0.1) is 11.6 Å². The molecule has 0 saturated carbocycles. The van der Waals surface area contributed by atoms with E-state index in [9.17, 15) is 0 Å². The van der Waals surface area contributed by atoms with E-state index in [-0.39, 0.29) is 0 Å². The van der Waals surface area contributed by atoms with E-state index < -0.39 is 0 Å². The van der Waals surface area contributed by atoms with Crippen molar-refractivity contribution in [3.63, 3.8) is 0 Å². The van der Waals surface area contributed by atoms with Crippen molar-refractivity contribution in [3.8, 4) is 11.5 Å². The number of hydrogen-bond acceptors (Lipinski definition) is 3. The third kappa shape index (κ3) is 1.38. The van der Waals surface area contributed by atoms with Crippen molar-refractivity contribution < 1.29 is 4.42 Å². The Morgan fingerprint density at radius 3 is 3.08 bits per heavy atom. The summed E-state index contributed by atoms with van der Waals surface area (Å²) in [6, 6.07) is 1.97. The van der Waals surface area contributed by atoms with Gasteiger partial charge in [0.1, 0.15) is 5.76 Å². The Bertz CT molecular complexity index is 355. The molecule has 2 nitrogen and oxygen atoms in total. The fraction of sp³-hybridized carbons (Fsp3) is 0.125. The van der Waals surface area contributed by atoms with Crippen LogP contribution < -0.4 is 0 Å². The highest BCUT2D eigenvalue weighted by molar-refractivity contribution is 7.08. The number of thiophene rings is 1. The zero-order chi connectivity index (χ0) is 8.39. The second-order valence-corrected chi connectivity index (χ2v) is 3.32. The summed E-state index contributed by atoms with van der Waals surface area (Å²) in [6.45, 7) is 0. The van der Waals surface area contributed by atoms with Crippen molar-refractivity contribution >= 4 is 22.9 Å². The first-order chi connectivity index (χ1) is 5.90. The third-order valence-corrected chi connectivity index (χ3v) is 2.40. The third-order valence-electron chi connectivity index (χ3n) is 1.45. The predicted octanol–water partition coefficient (Wildman–Crippen LogP) is 3.14. The normalized spacial score (nSPS) is 10.4. The summed E-state index contributed by atoms with van der Waals surface area (Å²) in [7, 11) is 0. The number of alkyl halides is 1. The number of rotatable bonds is 2. The zero-order valence-electron chi connectivity index (χ0n) is 6.16. The molecule has 2 rings (SSSR count). The number of hydrogen-bond donors (Lipinski definition) is 0. The molecule has 0 N–H and O–H groups in total. The van der Waals surface area contributed by atoms with Crippen molar-refractivity contribution in [2.45, 2.75) is 5.88 Å². The SMILES string of the molecule is ClCc1cnc(-c2ccsc2)o1. The molecule has 0 radical (unpaired) electrons. The van der Waals surface area contributed by atoms with Crippen LogP contribution >= 0.6 is 22.9 Å². The first kappa shape index (κ1) is 7.83. The van der Waals surface area contributed by atoms with Crippen molar-refractivity contribution in [1.29, 1.82) is 0 Å². The van der Waals surface area contributed by atoms with Gasteiger partial charge in [-0.3, -0.25) is 0 Å². The molecule has 4 heteroatoms. The van der Waals surface area contributed by atoms with Gasteiger partial charge in [-0.25, -0.2) is 4.98 Å². The van der Waals surface area contributed by atoms with Gasteiger partial charge in [0, 0.05) is 10.9 Å². The molecular formula is C8H6ClNOS. The lowest BCUT2D eigenvalue weighted by Crippen LogP contribution is -1.68. The van der Waals surface area contributed by atoms with Gasteiger partial charge in [0.2, 0.25) is 5.89 Å². The lowest BCUT2D eigenvalue weighted by molar-refractivity contribution is 0.538. The Kier molecular flexibility index (Phi) is 2.15. The summed E-state index contributed by atoms with van der Waals surface area (Å²) in [6.07, 6.45) is 1.65. The molecule has 0 atom stereocenters. The monoisotopic (exact) mass is 199 g/mol. The maximum atomic E-state index is 5.57. The Labute approximate surface area is 78.8 Å². The fourth-order valence-corrected chi connectivity index (χ4v) is 1.64. The Morgan fingerprint density at radius 2 is 2.50 bits per heavy atom. The molecule has 2 heterocycles. The summed E-state index contributed by atoms with van der Waals surface area (Å²) in [4.78, 5) is 4.09. The molecule has 2 aromatic heterocycles. The quantitative estimate of drug-likeness (QED) is 0.695. The topological polar surface area (TPSA) is 26.0 Å². The molecule has 0 aromatic carbocycles. The largest absolute Gasteiger partial charge is 0.440 e. The van der Waals surface area contributed by atoms with Crippen LogP contribution in [0, 0.1) is 0 Å². The minimum atomic E-state index is 0.372. The van der Waals surface area contributed by atoms with Crippen LogP contribution in [-0.4, -0.2) is 4.98 Å². The highest BCUT2D eigenvalue weighted by Gasteiger charge is 2.04. The summed E-state index contributed by atoms with van der Waals surface area (Å²) >= 11 is 7.19. The summed E-state index contributed by atoms with van der Waals surface area (Å²) in [5, 5.41) is 3.98. The average Bonchev–Trinajstić information content (AvgIpc) is 2.75. The molecule has 0 aliphatic rings. The van der Waals surface area contributed by atoms with Gasteiger partial charge in [0.25, 0.3) is 0 Å². The Hall–Kier alpha value is -0.800. The van der Waals surface area contributed by atoms with Crippen LogP contribution in [0.3, 0.4) is 0 Å². The fourth-order valence-electron chi connectivity index (χ4n) is 0.889. The number of nitrogens with zero attached hydrogens (tertiary/aromatic N) is 1. The van der Waals surface area contributed by atoms with E-state index in [4.69, 9.17) is 16.0 Å². The number of aromatic nitrogens is 1. The van der Waals surface area contributed by atoms with Gasteiger partial charge in [-0.2, -0.15) is 11.3 Å². The van der Waals surface area contributed by atoms with E-state index >= 15 is 0 Å². The smallest absolute Gasteiger partial charge is 0.227 e. The van der Waals surface area contributed by atoms with Crippen LogP contribution in [0.25, 0.3) is 11.5 Å². The molecule has 0 aliphatic carbocycles. The molecule has 2 aromatic rings. The van der Waals surface area contributed by atoms with Gasteiger partial charge in [-0.05, 0) is 11.4 Å². The number of halogens is 1. The molecule has 0 saturated heterocycles. The van der Waals surface area contributed by atoms with Crippen LogP contribution in [0.1, 0.15) is 5.76 Å². The molecule has 12 heavy (non-hydrogen) atoms. The van der Waals surface area contributed by atoms with Crippen LogP contribution in [0.4, 0.5) is 0 Å². The van der Waals surface area contributed by atoms with Crippen LogP contribution in [0.15, 0.2) is 27.4 Å². The molecule has 0 unspecified atom stereocenters. The molecular weight excluding hydrogens is 194 g/mol. The van der Waals surface area contributed by atoms with E-state index in [0.717, 1.165) is 5.56 Å². The Balaban J connectivity index is 2.35. The van der Waals surface area contributed by atoms with Crippen LogP contribution in [0.2, 0.25) is 0 Å². The average molecular weight is 200 g/mol. The maximum Gasteiger partial charge on any atom is 0.227 e. The van der Waals surface area contributed by atoms with Gasteiger partial charge in [0.05, 0.1) is 12.1 Å². The van der Waals surface area contributed by atoms with E-state index in [2.05, 4.69) is 4.98 Å². The Morgan fingerprint density at radius 1 is 1.58 bits per heavy atom. The number of oxazole rings is 1. The van der Waals surface area contributed by atoms with E-state index in [0.29, 0.717) is 17.5 Å². The molecule has 0 fully saturated rings. The van der Waals surface area contributed by atoms with Crippen LogP contribution in [-0.2, 0) is 5.88 Å². The minimum absolute atomic E-state index is 0.372. The second kappa shape index (κ2) is 3.29. The van der Waals surface area contributed by atoms with Crippen molar-refractivity contribution in [3.05, 3.63) is 28.8 Å². The first-order valence-electron chi connectivity index (χ1n) is 3.43. The van der Waals surface area contributed by atoms with Gasteiger partial charge < -0.3 is 4.42 Å². The highest BCUT2D eigenvalue weighted by atomic mass is 35.5. The maximum absolute atomic E-state index is 5.57. The standard InChI is InChI=1S/C8H6ClNOS/c9-3-7-4-10-8(11-7)6-1-2-12-5-6/h1-2,4-5H,3H2.